The van der Waals surface area contributed by atoms with Crippen LogP contribution in [0.1, 0.15) is 41.5 Å². The van der Waals surface area contributed by atoms with Gasteiger partial charge in [-0.3, -0.25) is 10.00 Å². The van der Waals surface area contributed by atoms with Crippen LogP contribution in [0.15, 0.2) is 24.3 Å². The van der Waals surface area contributed by atoms with Crippen molar-refractivity contribution >= 4 is 0 Å². The van der Waals surface area contributed by atoms with Crippen LogP contribution in [0.25, 0.3) is 0 Å². The zero-order chi connectivity index (χ0) is 16.8. The second kappa shape index (κ2) is 8.04. The Labute approximate surface area is 142 Å². The molecule has 1 aromatic carbocycles. The van der Waals surface area contributed by atoms with Crippen LogP contribution in [-0.4, -0.2) is 46.9 Å². The molecule has 2 aromatic rings. The molecule has 6 nitrogen and oxygen atoms in total. The number of aromatic amines is 1. The highest BCUT2D eigenvalue weighted by molar-refractivity contribution is 5.32. The normalized spacial score (nSPS) is 18.4. The summed E-state index contributed by atoms with van der Waals surface area (Å²) < 4.78 is 5.08. The number of methoxy groups -OCH3 is 1. The first-order valence-electron chi connectivity index (χ1n) is 8.40. The molecule has 1 aliphatic rings. The molecule has 1 atom stereocenters. The summed E-state index contributed by atoms with van der Waals surface area (Å²) in [6.07, 6.45) is 3.03. The van der Waals surface area contributed by atoms with Gasteiger partial charge in [0, 0.05) is 32.5 Å². The molecule has 2 heterocycles. The molecule has 1 aromatic heterocycles. The second-order valence-corrected chi connectivity index (χ2v) is 6.27. The predicted molar refractivity (Wildman–Crippen MR) is 90.4 cm³/mol. The molecular weight excluding hydrogens is 302 g/mol. The number of hydrogen-bond acceptors (Lipinski definition) is 5. The number of rotatable bonds is 6. The number of H-pyrrole nitrogens is 1. The minimum Gasteiger partial charge on any atom is -0.384 e. The van der Waals surface area contributed by atoms with Gasteiger partial charge < -0.3 is 4.74 Å². The number of benzene rings is 1. The van der Waals surface area contributed by atoms with E-state index in [2.05, 4.69) is 32.2 Å². The first-order chi connectivity index (χ1) is 11.8. The first kappa shape index (κ1) is 16.6. The third-order valence-electron chi connectivity index (χ3n) is 4.42. The van der Waals surface area contributed by atoms with Gasteiger partial charge in [0.25, 0.3) is 0 Å². The Morgan fingerprint density at radius 2 is 2.38 bits per heavy atom. The Morgan fingerprint density at radius 1 is 1.46 bits per heavy atom. The lowest BCUT2D eigenvalue weighted by molar-refractivity contribution is 0.196. The fraction of sp³-hybridized carbons (Fsp3) is 0.500. The summed E-state index contributed by atoms with van der Waals surface area (Å²) in [4.78, 5) is 7.05. The lowest BCUT2D eigenvalue weighted by atomic mass is 9.97. The maximum Gasteiger partial charge on any atom is 0.155 e. The maximum atomic E-state index is 9.03. The van der Waals surface area contributed by atoms with Crippen molar-refractivity contribution in [2.24, 2.45) is 0 Å². The molecule has 0 radical (unpaired) electrons. The van der Waals surface area contributed by atoms with Crippen LogP contribution in [0, 0.1) is 11.3 Å². The number of ether oxygens (including phenoxy) is 1. The highest BCUT2D eigenvalue weighted by atomic mass is 16.5. The van der Waals surface area contributed by atoms with E-state index >= 15 is 0 Å². The molecule has 24 heavy (non-hydrogen) atoms. The van der Waals surface area contributed by atoms with Gasteiger partial charge >= 0.3 is 0 Å². The topological polar surface area (TPSA) is 77.8 Å². The van der Waals surface area contributed by atoms with E-state index in [1.807, 2.05) is 18.2 Å². The fourth-order valence-corrected chi connectivity index (χ4v) is 3.21. The highest BCUT2D eigenvalue weighted by Gasteiger charge is 2.24. The molecule has 6 heteroatoms. The first-order valence-corrected chi connectivity index (χ1v) is 8.40. The molecule has 1 saturated heterocycles. The predicted octanol–water partition coefficient (Wildman–Crippen LogP) is 2.24. The van der Waals surface area contributed by atoms with E-state index in [0.29, 0.717) is 12.5 Å². The van der Waals surface area contributed by atoms with Crippen molar-refractivity contribution in [1.82, 2.24) is 20.1 Å². The molecule has 1 N–H and O–H groups in total. The van der Waals surface area contributed by atoms with Gasteiger partial charge in [0.1, 0.15) is 5.82 Å². The average molecular weight is 325 g/mol. The number of nitrogens with one attached hydrogen (secondary N) is 1. The zero-order valence-electron chi connectivity index (χ0n) is 14.0. The molecule has 0 saturated carbocycles. The van der Waals surface area contributed by atoms with Crippen LogP contribution in [0.5, 0.6) is 0 Å². The Balaban J connectivity index is 1.61. The Morgan fingerprint density at radius 3 is 3.21 bits per heavy atom. The van der Waals surface area contributed by atoms with Gasteiger partial charge in [-0.2, -0.15) is 10.4 Å². The SMILES string of the molecule is COCCc1nc([C@@H]2CCCN(Cc3cccc(C#N)c3)C2)n[nH]1. The van der Waals surface area contributed by atoms with Gasteiger partial charge in [-0.1, -0.05) is 12.1 Å². The molecule has 0 unspecified atom stereocenters. The molecule has 0 aliphatic carbocycles. The van der Waals surface area contributed by atoms with Crippen LogP contribution in [-0.2, 0) is 17.7 Å². The molecule has 0 amide bonds. The van der Waals surface area contributed by atoms with Gasteiger partial charge in [0.2, 0.25) is 0 Å². The molecule has 3 rings (SSSR count). The lowest BCUT2D eigenvalue weighted by Gasteiger charge is -2.31. The summed E-state index contributed by atoms with van der Waals surface area (Å²) in [5.74, 6) is 2.17. The van der Waals surface area contributed by atoms with Crippen molar-refractivity contribution in [2.45, 2.75) is 31.7 Å². The quantitative estimate of drug-likeness (QED) is 0.881. The Kier molecular flexibility index (Phi) is 5.57. The minimum atomic E-state index is 0.366. The number of aromatic nitrogens is 3. The number of hydrogen-bond donors (Lipinski definition) is 1. The Bertz CT molecular complexity index is 705. The summed E-state index contributed by atoms with van der Waals surface area (Å²) in [6, 6.07) is 10.1. The van der Waals surface area contributed by atoms with E-state index in [-0.39, 0.29) is 0 Å². The van der Waals surface area contributed by atoms with Crippen LogP contribution in [0.3, 0.4) is 0 Å². The van der Waals surface area contributed by atoms with Crippen molar-refractivity contribution in [2.75, 3.05) is 26.8 Å². The van der Waals surface area contributed by atoms with Crippen molar-refractivity contribution in [3.8, 4) is 6.07 Å². The van der Waals surface area contributed by atoms with Crippen molar-refractivity contribution in [3.63, 3.8) is 0 Å². The van der Waals surface area contributed by atoms with Gasteiger partial charge in [0.05, 0.1) is 18.2 Å². The van der Waals surface area contributed by atoms with E-state index < -0.39 is 0 Å². The molecular formula is C18H23N5O. The van der Waals surface area contributed by atoms with Gasteiger partial charge in [-0.25, -0.2) is 4.98 Å². The lowest BCUT2D eigenvalue weighted by Crippen LogP contribution is -2.34. The van der Waals surface area contributed by atoms with Gasteiger partial charge in [-0.15, -0.1) is 0 Å². The van der Waals surface area contributed by atoms with E-state index in [9.17, 15) is 0 Å². The summed E-state index contributed by atoms with van der Waals surface area (Å²) >= 11 is 0. The number of likely N-dealkylation sites (tertiary alicyclic amines) is 1. The Hall–Kier alpha value is -2.23. The van der Waals surface area contributed by atoms with Crippen molar-refractivity contribution < 1.29 is 4.74 Å². The monoisotopic (exact) mass is 325 g/mol. The number of piperidine rings is 1. The largest absolute Gasteiger partial charge is 0.384 e. The van der Waals surface area contributed by atoms with Crippen molar-refractivity contribution in [3.05, 3.63) is 47.0 Å². The highest BCUT2D eigenvalue weighted by Crippen LogP contribution is 2.25. The van der Waals surface area contributed by atoms with Gasteiger partial charge in [-0.05, 0) is 37.1 Å². The van der Waals surface area contributed by atoms with E-state index in [1.165, 1.54) is 5.56 Å². The van der Waals surface area contributed by atoms with Gasteiger partial charge in [0.15, 0.2) is 5.82 Å². The molecule has 0 bridgehead atoms. The van der Waals surface area contributed by atoms with Crippen LogP contribution in [0.2, 0.25) is 0 Å². The minimum absolute atomic E-state index is 0.366. The molecule has 1 fully saturated rings. The summed E-state index contributed by atoms with van der Waals surface area (Å²) in [7, 11) is 1.69. The smallest absolute Gasteiger partial charge is 0.155 e. The van der Waals surface area contributed by atoms with E-state index in [0.717, 1.165) is 56.1 Å². The number of nitrogens with zero attached hydrogens (tertiary/aromatic N) is 4. The molecule has 0 spiro atoms. The van der Waals surface area contributed by atoms with Crippen LogP contribution < -0.4 is 0 Å². The van der Waals surface area contributed by atoms with Crippen LogP contribution in [0.4, 0.5) is 0 Å². The summed E-state index contributed by atoms with van der Waals surface area (Å²) in [5.41, 5.74) is 1.91. The third kappa shape index (κ3) is 4.19. The molecule has 1 aliphatic heterocycles. The third-order valence-corrected chi connectivity index (χ3v) is 4.42. The standard InChI is InChI=1S/C18H23N5O/c1-24-9-7-17-20-18(22-21-17)16-6-3-8-23(13-16)12-15-5-2-4-14(10-15)11-19/h2,4-5,10,16H,3,6-9,12-13H2,1H3,(H,20,21,22)/t16-/m1/s1. The van der Waals surface area contributed by atoms with E-state index in [1.54, 1.807) is 7.11 Å². The molecule has 126 valence electrons. The van der Waals surface area contributed by atoms with Crippen molar-refractivity contribution in [1.29, 1.82) is 5.26 Å². The summed E-state index contributed by atoms with van der Waals surface area (Å²) in [6.45, 7) is 3.56. The average Bonchev–Trinajstić information content (AvgIpc) is 3.09. The fourth-order valence-electron chi connectivity index (χ4n) is 3.21. The maximum absolute atomic E-state index is 9.03. The summed E-state index contributed by atoms with van der Waals surface area (Å²) in [5, 5.41) is 16.5. The van der Waals surface area contributed by atoms with Crippen LogP contribution >= 0.6 is 0 Å². The van der Waals surface area contributed by atoms with E-state index in [4.69, 9.17) is 10.00 Å². The number of nitriles is 1. The zero-order valence-corrected chi connectivity index (χ0v) is 14.0. The second-order valence-electron chi connectivity index (χ2n) is 6.27.